The normalized spacial score (nSPS) is 24.0. The lowest BCUT2D eigenvalue weighted by Gasteiger charge is -2.41. The zero-order valence-corrected chi connectivity index (χ0v) is 13.0. The highest BCUT2D eigenvalue weighted by Crippen LogP contribution is 2.48. The van der Waals surface area contributed by atoms with E-state index in [0.29, 0.717) is 0 Å². The van der Waals surface area contributed by atoms with Gasteiger partial charge in [0.2, 0.25) is 0 Å². The first kappa shape index (κ1) is 17.2. The van der Waals surface area contributed by atoms with E-state index < -0.39 is 28.5 Å². The Labute approximate surface area is 132 Å². The van der Waals surface area contributed by atoms with Gasteiger partial charge in [-0.25, -0.2) is 0 Å². The number of benzene rings is 1. The average Bonchev–Trinajstić information content (AvgIpc) is 2.49. The Balaban J connectivity index is 2.76. The Kier molecular flexibility index (Phi) is 4.12. The molecule has 122 valence electrons. The topological polar surface area (TPSA) is 50.1 Å². The van der Waals surface area contributed by atoms with Crippen LogP contribution in [0.1, 0.15) is 31.4 Å². The number of nitrogens with zero attached hydrogens (tertiary/aromatic N) is 1. The van der Waals surface area contributed by atoms with Crippen LogP contribution in [0.2, 0.25) is 0 Å². The number of methoxy groups -OCH3 is 1. The fourth-order valence-electron chi connectivity index (χ4n) is 3.05. The van der Waals surface area contributed by atoms with Crippen LogP contribution >= 0.6 is 0 Å². The SMILES string of the molecule is CO[C@]1(c2ccccc2C(F)(F)F)C=C(C#N)C(=O)C(C)(C)C1. The number of carbonyl (C=O) groups excluding carboxylic acids is 1. The summed E-state index contributed by atoms with van der Waals surface area (Å²) in [6.45, 7) is 3.20. The minimum atomic E-state index is -4.56. The summed E-state index contributed by atoms with van der Waals surface area (Å²) in [6.07, 6.45) is -3.33. The number of hydrogen-bond acceptors (Lipinski definition) is 3. The van der Waals surface area contributed by atoms with Crippen molar-refractivity contribution in [3.8, 4) is 6.07 Å². The third-order valence-electron chi connectivity index (χ3n) is 4.11. The molecule has 23 heavy (non-hydrogen) atoms. The number of Topliss-reactive ketones (excluding diaryl/α,β-unsaturated/α-hetero) is 1. The molecule has 0 radical (unpaired) electrons. The molecule has 2 rings (SSSR count). The number of allylic oxidation sites excluding steroid dienone is 1. The molecule has 1 aromatic rings. The lowest BCUT2D eigenvalue weighted by molar-refractivity contribution is -0.142. The highest BCUT2D eigenvalue weighted by atomic mass is 19.4. The molecule has 0 saturated carbocycles. The number of ether oxygens (including phenoxy) is 1. The van der Waals surface area contributed by atoms with Crippen LogP contribution in [0, 0.1) is 16.7 Å². The van der Waals surface area contributed by atoms with E-state index in [0.717, 1.165) is 6.07 Å². The molecule has 0 aromatic heterocycles. The molecule has 0 amide bonds. The van der Waals surface area contributed by atoms with E-state index >= 15 is 0 Å². The summed E-state index contributed by atoms with van der Waals surface area (Å²) in [6, 6.07) is 6.85. The first-order valence-electron chi connectivity index (χ1n) is 6.97. The summed E-state index contributed by atoms with van der Waals surface area (Å²) in [5.74, 6) is -0.392. The summed E-state index contributed by atoms with van der Waals surface area (Å²) in [4.78, 5) is 12.2. The van der Waals surface area contributed by atoms with Gasteiger partial charge in [0.05, 0.1) is 11.1 Å². The Morgan fingerprint density at radius 3 is 2.39 bits per heavy atom. The number of carbonyl (C=O) groups is 1. The maximum Gasteiger partial charge on any atom is 0.416 e. The molecule has 1 aliphatic carbocycles. The minimum Gasteiger partial charge on any atom is -0.369 e. The largest absolute Gasteiger partial charge is 0.416 e. The third kappa shape index (κ3) is 2.89. The van der Waals surface area contributed by atoms with E-state index in [4.69, 9.17) is 4.74 Å². The first-order chi connectivity index (χ1) is 10.6. The lowest BCUT2D eigenvalue weighted by Crippen LogP contribution is -2.43. The molecule has 3 nitrogen and oxygen atoms in total. The molecular weight excluding hydrogens is 307 g/mol. The van der Waals surface area contributed by atoms with Crippen LogP contribution in [-0.2, 0) is 21.3 Å². The van der Waals surface area contributed by atoms with Crippen molar-refractivity contribution in [2.45, 2.75) is 32.0 Å². The van der Waals surface area contributed by atoms with Crippen molar-refractivity contribution in [3.05, 3.63) is 47.0 Å². The van der Waals surface area contributed by atoms with Crippen molar-refractivity contribution < 1.29 is 22.7 Å². The molecule has 0 bridgehead atoms. The molecule has 1 aromatic carbocycles. The Hall–Kier alpha value is -2.13. The number of alkyl halides is 3. The van der Waals surface area contributed by atoms with Crippen LogP contribution < -0.4 is 0 Å². The van der Waals surface area contributed by atoms with E-state index in [-0.39, 0.29) is 17.6 Å². The molecule has 0 N–H and O–H groups in total. The number of nitriles is 1. The Bertz CT molecular complexity index is 713. The van der Waals surface area contributed by atoms with E-state index in [1.807, 2.05) is 0 Å². The number of rotatable bonds is 2. The van der Waals surface area contributed by atoms with Gasteiger partial charge in [-0.15, -0.1) is 0 Å². The highest BCUT2D eigenvalue weighted by molar-refractivity contribution is 6.04. The number of hydrogen-bond donors (Lipinski definition) is 0. The van der Waals surface area contributed by atoms with E-state index in [1.165, 1.54) is 31.4 Å². The molecule has 0 saturated heterocycles. The smallest absolute Gasteiger partial charge is 0.369 e. The Morgan fingerprint density at radius 1 is 1.26 bits per heavy atom. The monoisotopic (exact) mass is 323 g/mol. The number of ketones is 1. The van der Waals surface area contributed by atoms with Gasteiger partial charge in [0, 0.05) is 12.5 Å². The Morgan fingerprint density at radius 2 is 1.87 bits per heavy atom. The second-order valence-electron chi connectivity index (χ2n) is 6.20. The van der Waals surface area contributed by atoms with Crippen LogP contribution in [0.25, 0.3) is 0 Å². The standard InChI is InChI=1S/C17H16F3NO2/c1-15(2)10-16(23-3,8-11(9-21)14(15)22)12-6-4-5-7-13(12)17(18,19)20/h4-8H,10H2,1-3H3/t16-/m1/s1. The van der Waals surface area contributed by atoms with Gasteiger partial charge in [0.15, 0.2) is 5.78 Å². The van der Waals surface area contributed by atoms with Crippen molar-refractivity contribution in [1.82, 2.24) is 0 Å². The molecule has 6 heteroatoms. The summed E-state index contributed by atoms with van der Waals surface area (Å²) in [7, 11) is 1.28. The molecule has 0 heterocycles. The van der Waals surface area contributed by atoms with E-state index in [9.17, 15) is 23.2 Å². The molecule has 0 unspecified atom stereocenters. The van der Waals surface area contributed by atoms with Crippen molar-refractivity contribution in [1.29, 1.82) is 5.26 Å². The van der Waals surface area contributed by atoms with Crippen molar-refractivity contribution >= 4 is 5.78 Å². The lowest BCUT2D eigenvalue weighted by atomic mass is 9.67. The van der Waals surface area contributed by atoms with Gasteiger partial charge in [-0.1, -0.05) is 32.0 Å². The number of halogens is 3. The van der Waals surface area contributed by atoms with Crippen molar-refractivity contribution in [2.75, 3.05) is 7.11 Å². The van der Waals surface area contributed by atoms with Crippen LogP contribution in [0.5, 0.6) is 0 Å². The predicted molar refractivity (Wildman–Crippen MR) is 77.2 cm³/mol. The highest BCUT2D eigenvalue weighted by Gasteiger charge is 2.49. The van der Waals surface area contributed by atoms with Gasteiger partial charge in [-0.3, -0.25) is 4.79 Å². The maximum absolute atomic E-state index is 13.3. The summed E-state index contributed by atoms with van der Waals surface area (Å²) < 4.78 is 45.5. The molecule has 0 aliphatic heterocycles. The zero-order valence-electron chi connectivity index (χ0n) is 13.0. The predicted octanol–water partition coefficient (Wildman–Crippen LogP) is 4.00. The van der Waals surface area contributed by atoms with Crippen LogP contribution in [0.15, 0.2) is 35.9 Å². The maximum atomic E-state index is 13.3. The second-order valence-corrected chi connectivity index (χ2v) is 6.20. The minimum absolute atomic E-state index is 0.0214. The fourth-order valence-corrected chi connectivity index (χ4v) is 3.05. The average molecular weight is 323 g/mol. The van der Waals surface area contributed by atoms with Crippen LogP contribution in [0.4, 0.5) is 13.2 Å². The second kappa shape index (κ2) is 5.50. The summed E-state index contributed by atoms with van der Waals surface area (Å²) in [5.41, 5.74) is -3.59. The quantitative estimate of drug-likeness (QED) is 0.826. The van der Waals surface area contributed by atoms with Gasteiger partial charge in [-0.2, -0.15) is 18.4 Å². The van der Waals surface area contributed by atoms with Crippen LogP contribution in [0.3, 0.4) is 0 Å². The van der Waals surface area contributed by atoms with E-state index in [1.54, 1.807) is 19.9 Å². The van der Waals surface area contributed by atoms with Gasteiger partial charge in [0.25, 0.3) is 0 Å². The third-order valence-corrected chi connectivity index (χ3v) is 4.11. The molecule has 1 atom stereocenters. The van der Waals surface area contributed by atoms with Crippen molar-refractivity contribution in [2.24, 2.45) is 5.41 Å². The summed E-state index contributed by atoms with van der Waals surface area (Å²) in [5, 5.41) is 9.18. The van der Waals surface area contributed by atoms with Crippen LogP contribution in [-0.4, -0.2) is 12.9 Å². The summed E-state index contributed by atoms with van der Waals surface area (Å²) >= 11 is 0. The van der Waals surface area contributed by atoms with Gasteiger partial charge in [-0.05, 0) is 24.1 Å². The van der Waals surface area contributed by atoms with E-state index in [2.05, 4.69) is 0 Å². The van der Waals surface area contributed by atoms with Gasteiger partial charge in [0.1, 0.15) is 11.7 Å². The molecule has 1 aliphatic rings. The molecule has 0 spiro atoms. The van der Waals surface area contributed by atoms with Crippen molar-refractivity contribution in [3.63, 3.8) is 0 Å². The van der Waals surface area contributed by atoms with Gasteiger partial charge < -0.3 is 4.74 Å². The first-order valence-corrected chi connectivity index (χ1v) is 6.97. The molecular formula is C17H16F3NO2. The van der Waals surface area contributed by atoms with Gasteiger partial charge >= 0.3 is 6.18 Å². The molecule has 0 fully saturated rings. The fraction of sp³-hybridized carbons (Fsp3) is 0.412. The zero-order chi connectivity index (χ0) is 17.5.